The van der Waals surface area contributed by atoms with Crippen molar-refractivity contribution in [2.75, 3.05) is 32.9 Å². The van der Waals surface area contributed by atoms with Crippen LogP contribution in [0.15, 0.2) is 27.5 Å². The normalized spacial score (nSPS) is 22.3. The zero-order valence-corrected chi connectivity index (χ0v) is 24.9. The summed E-state index contributed by atoms with van der Waals surface area (Å²) in [5.41, 5.74) is 2.47. The van der Waals surface area contributed by atoms with Crippen LogP contribution in [0.1, 0.15) is 87.2 Å². The molecule has 0 aliphatic carbocycles. The molecule has 4 heterocycles. The van der Waals surface area contributed by atoms with Gasteiger partial charge in [-0.2, -0.15) is 0 Å². The van der Waals surface area contributed by atoms with Crippen LogP contribution in [-0.2, 0) is 17.7 Å². The maximum absolute atomic E-state index is 13.7. The number of aryl methyl sites for hydroxylation is 1. The highest BCUT2D eigenvalue weighted by Crippen LogP contribution is 2.35. The van der Waals surface area contributed by atoms with Crippen molar-refractivity contribution in [3.8, 4) is 0 Å². The van der Waals surface area contributed by atoms with Gasteiger partial charge < -0.3 is 19.7 Å². The van der Waals surface area contributed by atoms with Crippen LogP contribution in [0.4, 0.5) is 9.18 Å². The third-order valence-electron chi connectivity index (χ3n) is 8.94. The van der Waals surface area contributed by atoms with Crippen LogP contribution in [0.5, 0.6) is 0 Å². The molecule has 2 aromatic heterocycles. The Hall–Kier alpha value is -3.31. The molecule has 0 spiro atoms. The van der Waals surface area contributed by atoms with Gasteiger partial charge in [-0.15, -0.1) is 0 Å². The summed E-state index contributed by atoms with van der Waals surface area (Å²) in [6.45, 7) is 9.52. The van der Waals surface area contributed by atoms with Crippen LogP contribution in [-0.4, -0.2) is 63.3 Å². The number of likely N-dealkylation sites (tertiary alicyclic amines) is 1. The molecule has 42 heavy (non-hydrogen) atoms. The van der Waals surface area contributed by atoms with E-state index in [-0.39, 0.29) is 24.0 Å². The van der Waals surface area contributed by atoms with Gasteiger partial charge in [-0.05, 0) is 50.7 Å². The predicted molar refractivity (Wildman–Crippen MR) is 155 cm³/mol. The molecule has 2 aliphatic heterocycles. The molecule has 0 saturated carbocycles. The first-order valence-electron chi connectivity index (χ1n) is 15.2. The van der Waals surface area contributed by atoms with Crippen LogP contribution in [0.25, 0.3) is 11.0 Å². The molecular formula is C31H43FN5O5+. The molecule has 1 unspecified atom stereocenters. The van der Waals surface area contributed by atoms with Crippen molar-refractivity contribution in [2.24, 2.45) is 5.92 Å². The van der Waals surface area contributed by atoms with Crippen molar-refractivity contribution in [3.05, 3.63) is 57.1 Å². The maximum Gasteiger partial charge on any atom is 0.411 e. The van der Waals surface area contributed by atoms with Crippen molar-refractivity contribution >= 4 is 17.1 Å². The van der Waals surface area contributed by atoms with E-state index in [4.69, 9.17) is 9.26 Å². The minimum atomic E-state index is -0.715. The lowest BCUT2D eigenvalue weighted by Gasteiger charge is -2.42. The fourth-order valence-corrected chi connectivity index (χ4v) is 6.38. The van der Waals surface area contributed by atoms with Gasteiger partial charge >= 0.3 is 6.09 Å². The Labute approximate surface area is 245 Å². The molecule has 1 saturated heterocycles. The molecule has 2 aliphatic rings. The standard InChI is InChI=1S/C31H42FN5O5/c1-20(2)6-4-13-33-31(40)41-19-37(17-12-24-21(3)34-29-26(38)7-5-14-36(29)30(24)39)15-10-22(11-16-37)28-25-9-8-23(32)18-27(25)42-35-28/h8-9,18,20,22,26,38H,4-7,10-17,19H2,1-3H3/p+1. The average molecular weight is 585 g/mol. The third-order valence-corrected chi connectivity index (χ3v) is 8.94. The van der Waals surface area contributed by atoms with Gasteiger partial charge in [0.05, 0.1) is 25.3 Å². The van der Waals surface area contributed by atoms with Crippen LogP contribution in [0.3, 0.4) is 0 Å². The fourth-order valence-electron chi connectivity index (χ4n) is 6.38. The van der Waals surface area contributed by atoms with Gasteiger partial charge in [0.25, 0.3) is 5.56 Å². The van der Waals surface area contributed by atoms with E-state index >= 15 is 0 Å². The molecule has 1 aromatic carbocycles. The summed E-state index contributed by atoms with van der Waals surface area (Å²) in [5.74, 6) is 0.802. The highest BCUT2D eigenvalue weighted by Gasteiger charge is 2.38. The molecule has 0 radical (unpaired) electrons. The molecule has 3 aromatic rings. The van der Waals surface area contributed by atoms with Crippen LogP contribution < -0.4 is 10.9 Å². The molecule has 228 valence electrons. The second-order valence-electron chi connectivity index (χ2n) is 12.4. The number of ether oxygens (including phenoxy) is 1. The lowest BCUT2D eigenvalue weighted by Crippen LogP contribution is -2.56. The number of halogens is 1. The predicted octanol–water partition coefficient (Wildman–Crippen LogP) is 4.72. The summed E-state index contributed by atoms with van der Waals surface area (Å²) in [6.07, 6.45) is 4.19. The van der Waals surface area contributed by atoms with E-state index in [0.717, 1.165) is 56.3 Å². The minimum absolute atomic E-state index is 0.0885. The van der Waals surface area contributed by atoms with Gasteiger partial charge in [0, 0.05) is 61.0 Å². The van der Waals surface area contributed by atoms with Crippen LogP contribution in [0, 0.1) is 18.7 Å². The minimum Gasteiger partial charge on any atom is -0.399 e. The lowest BCUT2D eigenvalue weighted by molar-refractivity contribution is -0.947. The Morgan fingerprint density at radius 2 is 2.07 bits per heavy atom. The SMILES string of the molecule is Cc1nc2n(c(=O)c1CC[N+]1(COC(=O)NCCCC(C)C)CCC(c3noc4cc(F)ccc34)CC1)CCCC2O. The number of nitrogens with one attached hydrogen (secondary N) is 1. The van der Waals surface area contributed by atoms with Crippen molar-refractivity contribution in [3.63, 3.8) is 0 Å². The number of rotatable bonds is 10. The number of hydrogen-bond donors (Lipinski definition) is 2. The third kappa shape index (κ3) is 6.67. The largest absolute Gasteiger partial charge is 0.411 e. The van der Waals surface area contributed by atoms with E-state index in [0.29, 0.717) is 65.5 Å². The molecular weight excluding hydrogens is 541 g/mol. The number of alkyl carbamates (subject to hydrolysis) is 1. The molecule has 0 bridgehead atoms. The van der Waals surface area contributed by atoms with Gasteiger partial charge in [-0.3, -0.25) is 13.8 Å². The maximum atomic E-state index is 13.7. The first kappa shape index (κ1) is 30.2. The molecule has 1 fully saturated rings. The number of carbonyl (C=O) groups excluding carboxylic acids is 1. The van der Waals surface area contributed by atoms with Crippen molar-refractivity contribution in [2.45, 2.75) is 84.3 Å². The number of aromatic nitrogens is 3. The van der Waals surface area contributed by atoms with Crippen LogP contribution in [0.2, 0.25) is 0 Å². The number of aliphatic hydroxyl groups excluding tert-OH is 1. The average Bonchev–Trinajstić information content (AvgIpc) is 3.38. The number of amides is 1. The molecule has 10 nitrogen and oxygen atoms in total. The number of piperidine rings is 1. The van der Waals surface area contributed by atoms with Crippen molar-refractivity contribution in [1.82, 2.24) is 20.0 Å². The number of hydrogen-bond acceptors (Lipinski definition) is 7. The summed E-state index contributed by atoms with van der Waals surface area (Å²) in [4.78, 5) is 30.6. The molecule has 1 atom stereocenters. The number of quaternary nitrogens is 1. The highest BCUT2D eigenvalue weighted by molar-refractivity contribution is 5.79. The van der Waals surface area contributed by atoms with Gasteiger partial charge in [0.2, 0.25) is 6.73 Å². The topological polar surface area (TPSA) is 119 Å². The van der Waals surface area contributed by atoms with E-state index in [1.807, 2.05) is 6.92 Å². The molecule has 2 N–H and O–H groups in total. The number of aliphatic hydroxyl groups is 1. The van der Waals surface area contributed by atoms with Crippen molar-refractivity contribution in [1.29, 1.82) is 0 Å². The van der Waals surface area contributed by atoms with Gasteiger partial charge in [-0.25, -0.2) is 14.2 Å². The van der Waals surface area contributed by atoms with E-state index in [2.05, 4.69) is 29.3 Å². The molecule has 5 rings (SSSR count). The summed E-state index contributed by atoms with van der Waals surface area (Å²) in [5, 5.41) is 18.4. The Bertz CT molecular complexity index is 1460. The van der Waals surface area contributed by atoms with E-state index < -0.39 is 12.2 Å². The van der Waals surface area contributed by atoms with Crippen LogP contribution >= 0.6 is 0 Å². The van der Waals surface area contributed by atoms with E-state index in [1.165, 1.54) is 12.1 Å². The van der Waals surface area contributed by atoms with Crippen molar-refractivity contribution < 1.29 is 28.0 Å². The summed E-state index contributed by atoms with van der Waals surface area (Å²) in [7, 11) is 0. The number of carbonyl (C=O) groups is 1. The number of nitrogens with zero attached hydrogens (tertiary/aromatic N) is 4. The number of fused-ring (bicyclic) bond motifs is 2. The summed E-state index contributed by atoms with van der Waals surface area (Å²) in [6, 6.07) is 4.50. The zero-order valence-electron chi connectivity index (χ0n) is 24.9. The Balaban J connectivity index is 1.30. The molecule has 1 amide bonds. The summed E-state index contributed by atoms with van der Waals surface area (Å²) < 4.78 is 27.0. The quantitative estimate of drug-likeness (QED) is 0.262. The van der Waals surface area contributed by atoms with Gasteiger partial charge in [-0.1, -0.05) is 19.0 Å². The lowest BCUT2D eigenvalue weighted by atomic mass is 9.90. The Morgan fingerprint density at radius 1 is 1.29 bits per heavy atom. The Morgan fingerprint density at radius 3 is 2.83 bits per heavy atom. The van der Waals surface area contributed by atoms with E-state index in [9.17, 15) is 19.1 Å². The second kappa shape index (κ2) is 12.9. The summed E-state index contributed by atoms with van der Waals surface area (Å²) >= 11 is 0. The highest BCUT2D eigenvalue weighted by atomic mass is 19.1. The van der Waals surface area contributed by atoms with Gasteiger partial charge in [0.15, 0.2) is 5.58 Å². The molecule has 11 heteroatoms. The second-order valence-corrected chi connectivity index (χ2v) is 12.4. The first-order valence-corrected chi connectivity index (χ1v) is 15.2. The fraction of sp³-hybridized carbons (Fsp3) is 0.613. The number of benzene rings is 1. The van der Waals surface area contributed by atoms with Gasteiger partial charge in [0.1, 0.15) is 17.7 Å². The smallest absolute Gasteiger partial charge is 0.399 e. The first-order chi connectivity index (χ1) is 20.2. The van der Waals surface area contributed by atoms with E-state index in [1.54, 1.807) is 10.6 Å². The Kier molecular flexibility index (Phi) is 9.27. The monoisotopic (exact) mass is 584 g/mol. The zero-order chi connectivity index (χ0) is 29.9.